The van der Waals surface area contributed by atoms with Crippen molar-refractivity contribution in [2.24, 2.45) is 0 Å². The van der Waals surface area contributed by atoms with Crippen molar-refractivity contribution in [1.29, 1.82) is 0 Å². The van der Waals surface area contributed by atoms with E-state index in [4.69, 9.17) is 0 Å². The summed E-state index contributed by atoms with van der Waals surface area (Å²) in [6, 6.07) is 1.80. The van der Waals surface area contributed by atoms with Gasteiger partial charge in [0, 0.05) is 25.0 Å². The highest BCUT2D eigenvalue weighted by Crippen LogP contribution is 2.28. The van der Waals surface area contributed by atoms with Gasteiger partial charge in [-0.2, -0.15) is 0 Å². The summed E-state index contributed by atoms with van der Waals surface area (Å²) in [5.41, 5.74) is 1.06. The van der Waals surface area contributed by atoms with Crippen molar-refractivity contribution in [3.63, 3.8) is 0 Å². The first-order valence-electron chi connectivity index (χ1n) is 7.19. The normalized spacial score (nSPS) is 12.2. The second kappa shape index (κ2) is 8.12. The fraction of sp³-hybridized carbons (Fsp3) is 0.714. The van der Waals surface area contributed by atoms with Crippen LogP contribution in [-0.2, 0) is 16.6 Å². The minimum Gasteiger partial charge on any atom is -0.312 e. The molecule has 0 aliphatic carbocycles. The zero-order valence-electron chi connectivity index (χ0n) is 12.9. The quantitative estimate of drug-likeness (QED) is 0.712. The number of thiophene rings is 1. The topological polar surface area (TPSA) is 49.4 Å². The Kier molecular flexibility index (Phi) is 7.15. The SMILES string of the molecule is CCCCN(C)S(=O)(=O)c1cc(C)c(CNCCC)s1. The third-order valence-electron chi connectivity index (χ3n) is 3.20. The lowest BCUT2D eigenvalue weighted by Crippen LogP contribution is -2.27. The first-order chi connectivity index (χ1) is 9.43. The maximum Gasteiger partial charge on any atom is 0.252 e. The molecule has 0 aromatic carbocycles. The van der Waals surface area contributed by atoms with E-state index in [1.54, 1.807) is 13.1 Å². The standard InChI is InChI=1S/C14H26N2O2S2/c1-5-7-9-16(4)20(17,18)14-10-12(3)13(19-14)11-15-8-6-2/h10,15H,5-9,11H2,1-4H3. The number of hydrogen-bond acceptors (Lipinski definition) is 4. The van der Waals surface area contributed by atoms with Gasteiger partial charge in [-0.1, -0.05) is 20.3 Å². The van der Waals surface area contributed by atoms with Crippen LogP contribution in [0.5, 0.6) is 0 Å². The first kappa shape index (κ1) is 17.6. The Bertz CT molecular complexity index is 509. The number of rotatable bonds is 9. The Morgan fingerprint density at radius 3 is 2.60 bits per heavy atom. The van der Waals surface area contributed by atoms with Gasteiger partial charge < -0.3 is 5.32 Å². The van der Waals surface area contributed by atoms with Gasteiger partial charge in [-0.05, 0) is 37.9 Å². The molecule has 1 aromatic rings. The van der Waals surface area contributed by atoms with Gasteiger partial charge >= 0.3 is 0 Å². The lowest BCUT2D eigenvalue weighted by atomic mass is 10.3. The van der Waals surface area contributed by atoms with Crippen molar-refractivity contribution >= 4 is 21.4 Å². The van der Waals surface area contributed by atoms with E-state index >= 15 is 0 Å². The Hall–Kier alpha value is -0.430. The van der Waals surface area contributed by atoms with Crippen LogP contribution >= 0.6 is 11.3 Å². The average Bonchev–Trinajstić information content (AvgIpc) is 2.78. The lowest BCUT2D eigenvalue weighted by molar-refractivity contribution is 0.461. The molecule has 116 valence electrons. The number of nitrogens with zero attached hydrogens (tertiary/aromatic N) is 1. The zero-order valence-corrected chi connectivity index (χ0v) is 14.5. The summed E-state index contributed by atoms with van der Waals surface area (Å²) >= 11 is 1.39. The van der Waals surface area contributed by atoms with Crippen LogP contribution in [0, 0.1) is 6.92 Å². The van der Waals surface area contributed by atoms with Gasteiger partial charge in [-0.3, -0.25) is 0 Å². The third-order valence-corrected chi connectivity index (χ3v) is 6.74. The van der Waals surface area contributed by atoms with Crippen molar-refractivity contribution in [3.05, 3.63) is 16.5 Å². The summed E-state index contributed by atoms with van der Waals surface area (Å²) in [7, 11) is -1.66. The molecule has 6 heteroatoms. The van der Waals surface area contributed by atoms with Crippen LogP contribution in [0.4, 0.5) is 0 Å². The lowest BCUT2D eigenvalue weighted by Gasteiger charge is -2.15. The predicted molar refractivity (Wildman–Crippen MR) is 85.8 cm³/mol. The fourth-order valence-electron chi connectivity index (χ4n) is 1.82. The Morgan fingerprint density at radius 1 is 1.30 bits per heavy atom. The molecule has 1 heterocycles. The number of nitrogens with one attached hydrogen (secondary N) is 1. The molecule has 0 spiro atoms. The Balaban J connectivity index is 2.82. The summed E-state index contributed by atoms with van der Waals surface area (Å²) in [6.07, 6.45) is 2.97. The molecule has 0 saturated heterocycles. The second-order valence-electron chi connectivity index (χ2n) is 5.03. The van der Waals surface area contributed by atoms with E-state index in [1.807, 2.05) is 6.92 Å². The molecule has 1 N–H and O–H groups in total. The van der Waals surface area contributed by atoms with Gasteiger partial charge in [0.15, 0.2) is 0 Å². The summed E-state index contributed by atoms with van der Waals surface area (Å²) in [4.78, 5) is 1.11. The molecule has 0 fully saturated rings. The monoisotopic (exact) mass is 318 g/mol. The molecular weight excluding hydrogens is 292 g/mol. The minimum atomic E-state index is -3.32. The van der Waals surface area contributed by atoms with Crippen molar-refractivity contribution in [2.75, 3.05) is 20.1 Å². The first-order valence-corrected chi connectivity index (χ1v) is 9.45. The van der Waals surface area contributed by atoms with E-state index in [0.29, 0.717) is 10.8 Å². The van der Waals surface area contributed by atoms with Crippen LogP contribution < -0.4 is 5.32 Å². The van der Waals surface area contributed by atoms with Crippen LogP contribution in [-0.4, -0.2) is 32.9 Å². The molecule has 0 saturated carbocycles. The molecule has 20 heavy (non-hydrogen) atoms. The number of unbranched alkanes of at least 4 members (excludes halogenated alkanes) is 1. The highest BCUT2D eigenvalue weighted by atomic mass is 32.2. The van der Waals surface area contributed by atoms with Crippen molar-refractivity contribution in [2.45, 2.75) is 50.8 Å². The summed E-state index contributed by atoms with van der Waals surface area (Å²) in [6.45, 7) is 8.44. The van der Waals surface area contributed by atoms with Gasteiger partial charge in [0.05, 0.1) is 0 Å². The minimum absolute atomic E-state index is 0.460. The van der Waals surface area contributed by atoms with Crippen LogP contribution in [0.25, 0.3) is 0 Å². The highest BCUT2D eigenvalue weighted by Gasteiger charge is 2.23. The van der Waals surface area contributed by atoms with E-state index in [2.05, 4.69) is 19.2 Å². The molecule has 1 rings (SSSR count). The summed E-state index contributed by atoms with van der Waals surface area (Å²) in [5, 5.41) is 3.32. The van der Waals surface area contributed by atoms with E-state index in [9.17, 15) is 8.42 Å². The molecule has 1 aromatic heterocycles. The number of aryl methyl sites for hydroxylation is 1. The fourth-order valence-corrected chi connectivity index (χ4v) is 4.80. The van der Waals surface area contributed by atoms with Gasteiger partial charge in [-0.25, -0.2) is 12.7 Å². The zero-order chi connectivity index (χ0) is 15.2. The van der Waals surface area contributed by atoms with Gasteiger partial charge in [0.25, 0.3) is 10.0 Å². The maximum atomic E-state index is 12.4. The molecule has 0 atom stereocenters. The smallest absolute Gasteiger partial charge is 0.252 e. The summed E-state index contributed by atoms with van der Waals surface area (Å²) in [5.74, 6) is 0. The van der Waals surface area contributed by atoms with Crippen molar-refractivity contribution in [3.8, 4) is 0 Å². The third kappa shape index (κ3) is 4.55. The van der Waals surface area contributed by atoms with Crippen LogP contribution in [0.2, 0.25) is 0 Å². The van der Waals surface area contributed by atoms with Crippen LogP contribution in [0.15, 0.2) is 10.3 Å². The second-order valence-corrected chi connectivity index (χ2v) is 8.44. The molecule has 4 nitrogen and oxygen atoms in total. The van der Waals surface area contributed by atoms with Gasteiger partial charge in [0.2, 0.25) is 0 Å². The van der Waals surface area contributed by atoms with Gasteiger partial charge in [0.1, 0.15) is 4.21 Å². The van der Waals surface area contributed by atoms with Crippen LogP contribution in [0.3, 0.4) is 0 Å². The van der Waals surface area contributed by atoms with Crippen LogP contribution in [0.1, 0.15) is 43.6 Å². The molecule has 0 unspecified atom stereocenters. The van der Waals surface area contributed by atoms with E-state index in [0.717, 1.165) is 42.8 Å². The summed E-state index contributed by atoms with van der Waals surface area (Å²) < 4.78 is 26.8. The molecule has 0 aliphatic rings. The van der Waals surface area contributed by atoms with Crippen molar-refractivity contribution in [1.82, 2.24) is 9.62 Å². The van der Waals surface area contributed by atoms with E-state index in [1.165, 1.54) is 15.6 Å². The Morgan fingerprint density at radius 2 is 2.00 bits per heavy atom. The number of sulfonamides is 1. The number of hydrogen-bond donors (Lipinski definition) is 1. The molecule has 0 amide bonds. The largest absolute Gasteiger partial charge is 0.312 e. The molecule has 0 aliphatic heterocycles. The van der Waals surface area contributed by atoms with Gasteiger partial charge in [-0.15, -0.1) is 11.3 Å². The Labute approximate surface area is 127 Å². The van der Waals surface area contributed by atoms with Crippen molar-refractivity contribution < 1.29 is 8.42 Å². The van der Waals surface area contributed by atoms with E-state index in [-0.39, 0.29) is 0 Å². The highest BCUT2D eigenvalue weighted by molar-refractivity contribution is 7.91. The molecule has 0 radical (unpaired) electrons. The average molecular weight is 319 g/mol. The van der Waals surface area contributed by atoms with E-state index < -0.39 is 10.0 Å². The maximum absolute atomic E-state index is 12.4. The molecular formula is C14H26N2O2S2. The molecule has 0 bridgehead atoms. The predicted octanol–water partition coefficient (Wildman–Crippen LogP) is 2.98.